The second-order valence-electron chi connectivity index (χ2n) is 10.9. The Morgan fingerprint density at radius 1 is 1.10 bits per heavy atom. The van der Waals surface area contributed by atoms with Gasteiger partial charge in [0.2, 0.25) is 5.88 Å². The fraction of sp³-hybridized carbons (Fsp3) is 0.552. The van der Waals surface area contributed by atoms with Crippen molar-refractivity contribution in [2.24, 2.45) is 5.92 Å². The predicted molar refractivity (Wildman–Crippen MR) is 146 cm³/mol. The Bertz CT molecular complexity index is 1320. The van der Waals surface area contributed by atoms with Gasteiger partial charge in [-0.3, -0.25) is 0 Å². The number of methoxy groups -OCH3 is 1. The molecule has 210 valence electrons. The van der Waals surface area contributed by atoms with Crippen LogP contribution >= 0.6 is 0 Å². The molecule has 2 aliphatic heterocycles. The third kappa shape index (κ3) is 5.54. The van der Waals surface area contributed by atoms with E-state index in [2.05, 4.69) is 32.5 Å². The largest absolute Gasteiger partial charge is 0.481 e. The lowest BCUT2D eigenvalue weighted by Gasteiger charge is -2.31. The number of aromatic nitrogens is 3. The van der Waals surface area contributed by atoms with Gasteiger partial charge in [-0.2, -0.15) is 4.98 Å². The van der Waals surface area contributed by atoms with Crippen molar-refractivity contribution in [3.8, 4) is 5.88 Å². The molecule has 1 atom stereocenters. The summed E-state index contributed by atoms with van der Waals surface area (Å²) in [5, 5.41) is 7.07. The summed E-state index contributed by atoms with van der Waals surface area (Å²) in [6.07, 6.45) is 2.59. The maximum Gasteiger partial charge on any atom is 0.278 e. The van der Waals surface area contributed by atoms with Crippen molar-refractivity contribution in [3.63, 3.8) is 0 Å². The summed E-state index contributed by atoms with van der Waals surface area (Å²) < 4.78 is 52.2. The normalized spacial score (nSPS) is 18.8. The number of halogens is 3. The molecule has 1 aromatic carbocycles. The second kappa shape index (κ2) is 11.3. The van der Waals surface area contributed by atoms with Crippen LogP contribution in [0.1, 0.15) is 67.1 Å². The lowest BCUT2D eigenvalue weighted by atomic mass is 9.86. The summed E-state index contributed by atoms with van der Waals surface area (Å²) in [4.78, 5) is 16.1. The average molecular weight is 543 g/mol. The lowest BCUT2D eigenvalue weighted by molar-refractivity contribution is -0.0781. The van der Waals surface area contributed by atoms with Gasteiger partial charge >= 0.3 is 0 Å². The van der Waals surface area contributed by atoms with Crippen molar-refractivity contribution in [1.29, 1.82) is 0 Å². The Kier molecular flexibility index (Phi) is 7.96. The van der Waals surface area contributed by atoms with Gasteiger partial charge < -0.3 is 20.3 Å². The Hall–Kier alpha value is -2.98. The van der Waals surface area contributed by atoms with Crippen LogP contribution in [0.4, 0.5) is 19.0 Å². The SMILES string of the molecule is COc1nc2nc(C)nc(N[C@H](C)c3cccc(C(F)(F)C4CCNCC4)c3F)c2cc1C1CCN(C)CC1. The molecule has 2 fully saturated rings. The molecule has 4 heterocycles. The third-order valence-electron chi connectivity index (χ3n) is 8.20. The number of hydrogen-bond donors (Lipinski definition) is 2. The highest BCUT2D eigenvalue weighted by Gasteiger charge is 2.44. The molecule has 10 heteroatoms. The molecular weight excluding hydrogens is 505 g/mol. The first-order valence-electron chi connectivity index (χ1n) is 13.7. The predicted octanol–water partition coefficient (Wildman–Crippen LogP) is 5.55. The Balaban J connectivity index is 1.49. The van der Waals surface area contributed by atoms with Crippen LogP contribution in [0.25, 0.3) is 11.0 Å². The quantitative estimate of drug-likeness (QED) is 0.405. The molecule has 0 unspecified atom stereocenters. The number of aryl methyl sites for hydroxylation is 1. The van der Waals surface area contributed by atoms with Crippen LogP contribution in [0, 0.1) is 18.7 Å². The molecule has 0 bridgehead atoms. The monoisotopic (exact) mass is 542 g/mol. The molecular formula is C29H37F3N6O. The van der Waals surface area contributed by atoms with E-state index < -0.39 is 29.3 Å². The summed E-state index contributed by atoms with van der Waals surface area (Å²) in [6.45, 7) is 6.50. The first kappa shape index (κ1) is 27.6. The van der Waals surface area contributed by atoms with Crippen LogP contribution in [-0.2, 0) is 5.92 Å². The number of pyridine rings is 1. The van der Waals surface area contributed by atoms with E-state index in [1.807, 2.05) is 6.07 Å². The number of ether oxygens (including phenoxy) is 1. The number of nitrogens with zero attached hydrogens (tertiary/aromatic N) is 4. The van der Waals surface area contributed by atoms with Gasteiger partial charge in [-0.15, -0.1) is 0 Å². The molecule has 2 aromatic heterocycles. The van der Waals surface area contributed by atoms with Gasteiger partial charge in [0.1, 0.15) is 17.5 Å². The van der Waals surface area contributed by atoms with Crippen LogP contribution in [0.3, 0.4) is 0 Å². The summed E-state index contributed by atoms with van der Waals surface area (Å²) in [5.74, 6) is -3.19. The van der Waals surface area contributed by atoms with Gasteiger partial charge in [0, 0.05) is 17.0 Å². The average Bonchev–Trinajstić information content (AvgIpc) is 2.93. The number of benzene rings is 1. The molecule has 0 amide bonds. The van der Waals surface area contributed by atoms with E-state index in [0.29, 0.717) is 54.5 Å². The first-order valence-corrected chi connectivity index (χ1v) is 13.7. The van der Waals surface area contributed by atoms with Crippen molar-refractivity contribution in [3.05, 3.63) is 52.6 Å². The molecule has 0 aliphatic carbocycles. The number of fused-ring (bicyclic) bond motifs is 1. The number of rotatable bonds is 7. The molecule has 3 aromatic rings. The number of hydrogen-bond acceptors (Lipinski definition) is 7. The third-order valence-corrected chi connectivity index (χ3v) is 8.20. The highest BCUT2D eigenvalue weighted by atomic mass is 19.3. The van der Waals surface area contributed by atoms with Crippen LogP contribution < -0.4 is 15.4 Å². The molecule has 2 aliphatic rings. The number of piperidine rings is 2. The zero-order chi connectivity index (χ0) is 27.7. The van der Waals surface area contributed by atoms with Gasteiger partial charge in [0.25, 0.3) is 5.92 Å². The molecule has 5 rings (SSSR count). The number of alkyl halides is 2. The highest BCUT2D eigenvalue weighted by molar-refractivity contribution is 5.88. The van der Waals surface area contributed by atoms with Crippen molar-refractivity contribution in [2.75, 3.05) is 45.7 Å². The summed E-state index contributed by atoms with van der Waals surface area (Å²) in [6, 6.07) is 5.66. The maximum absolute atomic E-state index is 15.7. The van der Waals surface area contributed by atoms with E-state index in [4.69, 9.17) is 9.72 Å². The van der Waals surface area contributed by atoms with Gasteiger partial charge in [-0.25, -0.2) is 23.1 Å². The highest BCUT2D eigenvalue weighted by Crippen LogP contribution is 2.43. The molecule has 0 spiro atoms. The zero-order valence-corrected chi connectivity index (χ0v) is 23.0. The Morgan fingerprint density at radius 2 is 1.82 bits per heavy atom. The Labute approximate surface area is 227 Å². The summed E-state index contributed by atoms with van der Waals surface area (Å²) >= 11 is 0. The summed E-state index contributed by atoms with van der Waals surface area (Å²) in [5.41, 5.74) is 1.09. The van der Waals surface area contributed by atoms with Crippen LogP contribution in [0.5, 0.6) is 5.88 Å². The smallest absolute Gasteiger partial charge is 0.278 e. The maximum atomic E-state index is 15.7. The first-order chi connectivity index (χ1) is 18.7. The van der Waals surface area contributed by atoms with Gasteiger partial charge in [-0.05, 0) is 84.7 Å². The van der Waals surface area contributed by atoms with Crippen LogP contribution in [0.2, 0.25) is 0 Å². The van der Waals surface area contributed by atoms with Crippen molar-refractivity contribution >= 4 is 16.9 Å². The van der Waals surface area contributed by atoms with E-state index in [0.717, 1.165) is 31.5 Å². The zero-order valence-electron chi connectivity index (χ0n) is 23.0. The van der Waals surface area contributed by atoms with Crippen molar-refractivity contribution in [1.82, 2.24) is 25.2 Å². The van der Waals surface area contributed by atoms with Gasteiger partial charge in [-0.1, -0.05) is 18.2 Å². The number of likely N-dealkylation sites (tertiary alicyclic amines) is 1. The van der Waals surface area contributed by atoms with Gasteiger partial charge in [0.15, 0.2) is 5.65 Å². The molecule has 7 nitrogen and oxygen atoms in total. The lowest BCUT2D eigenvalue weighted by Crippen LogP contribution is -2.37. The fourth-order valence-corrected chi connectivity index (χ4v) is 5.88. The van der Waals surface area contributed by atoms with E-state index in [1.165, 1.54) is 12.1 Å². The minimum absolute atomic E-state index is 0.169. The number of anilines is 1. The van der Waals surface area contributed by atoms with E-state index in [1.54, 1.807) is 27.0 Å². The fourth-order valence-electron chi connectivity index (χ4n) is 5.88. The van der Waals surface area contributed by atoms with E-state index >= 15 is 13.2 Å². The summed E-state index contributed by atoms with van der Waals surface area (Å²) in [7, 11) is 3.72. The van der Waals surface area contributed by atoms with E-state index in [9.17, 15) is 0 Å². The molecule has 0 radical (unpaired) electrons. The minimum atomic E-state index is -3.25. The van der Waals surface area contributed by atoms with Gasteiger partial charge in [0.05, 0.1) is 24.1 Å². The second-order valence-corrected chi connectivity index (χ2v) is 10.9. The standard InChI is InChI=1S/C29H37F3N6O/c1-17(21-6-5-7-24(25(21)30)29(31,32)20-8-12-33-13-9-20)34-26-23-16-22(19-10-14-38(3)15-11-19)28(39-4)37-27(23)36-18(2)35-26/h5-7,16-17,19-20,33H,8-15H2,1-4H3,(H,34,35,36,37)/t17-/m1/s1. The van der Waals surface area contributed by atoms with Crippen molar-refractivity contribution in [2.45, 2.75) is 57.4 Å². The topological polar surface area (TPSA) is 75.2 Å². The molecule has 39 heavy (non-hydrogen) atoms. The van der Waals surface area contributed by atoms with Crippen LogP contribution in [-0.4, -0.2) is 60.2 Å². The Morgan fingerprint density at radius 3 is 2.51 bits per heavy atom. The molecule has 2 saturated heterocycles. The molecule has 2 N–H and O–H groups in total. The minimum Gasteiger partial charge on any atom is -0.481 e. The number of nitrogens with one attached hydrogen (secondary N) is 2. The van der Waals surface area contributed by atoms with E-state index in [-0.39, 0.29) is 11.5 Å². The molecule has 0 saturated carbocycles. The van der Waals surface area contributed by atoms with Crippen LogP contribution in [0.15, 0.2) is 24.3 Å². The van der Waals surface area contributed by atoms with Crippen molar-refractivity contribution < 1.29 is 17.9 Å².